The Hall–Kier alpha value is -1.16. The minimum Gasteiger partial charge on any atom is -0.450 e. The fourth-order valence-electron chi connectivity index (χ4n) is 1.49. The molecule has 1 amide bonds. The predicted molar refractivity (Wildman–Crippen MR) is 62.2 cm³/mol. The van der Waals surface area contributed by atoms with Crippen LogP contribution in [0.3, 0.4) is 0 Å². The van der Waals surface area contributed by atoms with Crippen molar-refractivity contribution < 1.29 is 23.6 Å². The second-order valence-electron chi connectivity index (χ2n) is 4.80. The maximum Gasteiger partial charge on any atom is 0.411 e. The predicted octanol–water partition coefficient (Wildman–Crippen LogP) is 0.898. The van der Waals surface area contributed by atoms with Crippen molar-refractivity contribution in [3.05, 3.63) is 0 Å². The number of amides is 1. The van der Waals surface area contributed by atoms with Crippen molar-refractivity contribution in [2.45, 2.75) is 38.8 Å². The van der Waals surface area contributed by atoms with E-state index in [0.717, 1.165) is 4.90 Å². The highest BCUT2D eigenvalue weighted by molar-refractivity contribution is 7.10. The van der Waals surface area contributed by atoms with Gasteiger partial charge < -0.3 is 9.26 Å². The van der Waals surface area contributed by atoms with Gasteiger partial charge in [0, 0.05) is 6.42 Å². The Labute approximate surface area is 102 Å². The average molecular weight is 261 g/mol. The van der Waals surface area contributed by atoms with Crippen LogP contribution < -0.4 is 0 Å². The van der Waals surface area contributed by atoms with E-state index in [4.69, 9.17) is 4.74 Å². The van der Waals surface area contributed by atoms with E-state index < -0.39 is 23.7 Å². The highest BCUT2D eigenvalue weighted by Crippen LogP contribution is 2.20. The van der Waals surface area contributed by atoms with Crippen LogP contribution in [0.2, 0.25) is 0 Å². The number of rotatable bonds is 1. The lowest BCUT2D eigenvalue weighted by Crippen LogP contribution is -2.43. The molecule has 96 valence electrons. The molecule has 0 radical (unpaired) electrons. The molecule has 0 bridgehead atoms. The van der Waals surface area contributed by atoms with Crippen molar-refractivity contribution >= 4 is 27.3 Å². The Morgan fingerprint density at radius 2 is 2.00 bits per heavy atom. The third kappa shape index (κ3) is 3.66. The first kappa shape index (κ1) is 13.9. The van der Waals surface area contributed by atoms with Gasteiger partial charge >= 0.3 is 12.1 Å². The van der Waals surface area contributed by atoms with Crippen LogP contribution in [0.25, 0.3) is 0 Å². The van der Waals surface area contributed by atoms with E-state index >= 15 is 0 Å². The Bertz CT molecular complexity index is 349. The smallest absolute Gasteiger partial charge is 0.411 e. The van der Waals surface area contributed by atoms with Crippen LogP contribution in [-0.2, 0) is 18.8 Å². The maximum absolute atomic E-state index is 11.8. The molecule has 1 heterocycles. The third-order valence-corrected chi connectivity index (χ3v) is 2.39. The van der Waals surface area contributed by atoms with E-state index in [-0.39, 0.29) is 18.7 Å². The average Bonchev–Trinajstić information content (AvgIpc) is 2.56. The lowest BCUT2D eigenvalue weighted by atomic mass is 10.2. The highest BCUT2D eigenvalue weighted by atomic mass is 31.0. The largest absolute Gasteiger partial charge is 0.450 e. The van der Waals surface area contributed by atoms with E-state index in [1.54, 1.807) is 20.8 Å². The first-order chi connectivity index (χ1) is 7.74. The van der Waals surface area contributed by atoms with Crippen molar-refractivity contribution in [2.75, 3.05) is 6.54 Å². The lowest BCUT2D eigenvalue weighted by Gasteiger charge is -2.26. The standard InChI is InChI=1S/C10H16NO5P/c1-10(2,3)15-9(14)11-5-6(12)4-7(11)8(13)16-17/h7H,4-5,17H2,1-3H3/t7-/m0/s1. The summed E-state index contributed by atoms with van der Waals surface area (Å²) in [5.41, 5.74) is -0.669. The summed E-state index contributed by atoms with van der Waals surface area (Å²) in [7, 11) is 1.81. The Kier molecular flexibility index (Phi) is 4.09. The van der Waals surface area contributed by atoms with E-state index in [2.05, 4.69) is 4.52 Å². The van der Waals surface area contributed by atoms with Gasteiger partial charge in [-0.1, -0.05) is 0 Å². The molecule has 2 atom stereocenters. The van der Waals surface area contributed by atoms with Crippen LogP contribution in [-0.4, -0.2) is 40.9 Å². The van der Waals surface area contributed by atoms with Gasteiger partial charge in [0.2, 0.25) is 0 Å². The van der Waals surface area contributed by atoms with E-state index in [9.17, 15) is 14.4 Å². The molecule has 1 fully saturated rings. The molecule has 6 nitrogen and oxygen atoms in total. The topological polar surface area (TPSA) is 72.9 Å². The van der Waals surface area contributed by atoms with E-state index in [1.807, 2.05) is 9.47 Å². The molecule has 1 unspecified atom stereocenters. The lowest BCUT2D eigenvalue weighted by molar-refractivity contribution is -0.138. The third-order valence-electron chi connectivity index (χ3n) is 2.16. The summed E-state index contributed by atoms with van der Waals surface area (Å²) < 4.78 is 9.58. The zero-order valence-electron chi connectivity index (χ0n) is 10.1. The molecule has 0 aromatic heterocycles. The molecule has 0 spiro atoms. The molecule has 7 heteroatoms. The van der Waals surface area contributed by atoms with E-state index in [0.29, 0.717) is 0 Å². The molecule has 1 aliphatic heterocycles. The van der Waals surface area contributed by atoms with Crippen molar-refractivity contribution in [3.8, 4) is 0 Å². The molecule has 1 aliphatic rings. The maximum atomic E-state index is 11.8. The van der Waals surface area contributed by atoms with Crippen LogP contribution in [0.1, 0.15) is 27.2 Å². The van der Waals surface area contributed by atoms with Crippen molar-refractivity contribution in [2.24, 2.45) is 0 Å². The quantitative estimate of drug-likeness (QED) is 0.656. The number of carbonyl (C=O) groups is 3. The van der Waals surface area contributed by atoms with Gasteiger partial charge in [-0.2, -0.15) is 0 Å². The number of carbonyl (C=O) groups excluding carboxylic acids is 3. The fraction of sp³-hybridized carbons (Fsp3) is 0.700. The fourth-order valence-corrected chi connectivity index (χ4v) is 1.65. The zero-order valence-corrected chi connectivity index (χ0v) is 11.2. The first-order valence-corrected chi connectivity index (χ1v) is 5.63. The molecule has 0 saturated carbocycles. The van der Waals surface area contributed by atoms with Gasteiger partial charge in [-0.05, 0) is 20.8 Å². The molecule has 1 rings (SSSR count). The van der Waals surface area contributed by atoms with Gasteiger partial charge in [-0.3, -0.25) is 9.69 Å². The van der Waals surface area contributed by atoms with Gasteiger partial charge in [0.15, 0.2) is 5.78 Å². The summed E-state index contributed by atoms with van der Waals surface area (Å²) in [5.74, 6) is -0.817. The van der Waals surface area contributed by atoms with Crippen molar-refractivity contribution in [3.63, 3.8) is 0 Å². The summed E-state index contributed by atoms with van der Waals surface area (Å²) in [4.78, 5) is 35.6. The second-order valence-corrected chi connectivity index (χ2v) is 5.04. The van der Waals surface area contributed by atoms with Crippen LogP contribution in [0.4, 0.5) is 4.79 Å². The van der Waals surface area contributed by atoms with Crippen LogP contribution in [0.5, 0.6) is 0 Å². The van der Waals surface area contributed by atoms with Gasteiger partial charge in [-0.25, -0.2) is 9.59 Å². The number of hydrogen-bond acceptors (Lipinski definition) is 5. The monoisotopic (exact) mass is 261 g/mol. The Balaban J connectivity index is 2.77. The molecule has 17 heavy (non-hydrogen) atoms. The molecular formula is C10H16NO5P. The molecule has 0 aromatic rings. The minimum absolute atomic E-state index is 0.0214. The van der Waals surface area contributed by atoms with Gasteiger partial charge in [-0.15, -0.1) is 0 Å². The second kappa shape index (κ2) is 5.00. The number of hydrogen-bond donors (Lipinski definition) is 0. The summed E-state index contributed by atoms with van der Waals surface area (Å²) in [6.45, 7) is 5.03. The van der Waals surface area contributed by atoms with Crippen LogP contribution in [0.15, 0.2) is 0 Å². The van der Waals surface area contributed by atoms with Gasteiger partial charge in [0.25, 0.3) is 0 Å². The molecule has 0 aromatic carbocycles. The Morgan fingerprint density at radius 3 is 2.47 bits per heavy atom. The number of nitrogens with zero attached hydrogens (tertiary/aromatic N) is 1. The molecule has 0 N–H and O–H groups in total. The zero-order chi connectivity index (χ0) is 13.2. The molecule has 1 saturated heterocycles. The Morgan fingerprint density at radius 1 is 1.41 bits per heavy atom. The summed E-state index contributed by atoms with van der Waals surface area (Å²) >= 11 is 0. The highest BCUT2D eigenvalue weighted by Gasteiger charge is 2.41. The summed E-state index contributed by atoms with van der Waals surface area (Å²) in [6, 6.07) is -0.880. The van der Waals surface area contributed by atoms with E-state index in [1.165, 1.54) is 0 Å². The first-order valence-electron chi connectivity index (χ1n) is 5.16. The summed E-state index contributed by atoms with van der Waals surface area (Å²) in [5, 5.41) is 0. The SMILES string of the molecule is CC(C)(C)OC(=O)N1CC(=O)C[C@H]1C(=O)OP. The van der Waals surface area contributed by atoms with Crippen molar-refractivity contribution in [1.82, 2.24) is 4.90 Å². The summed E-state index contributed by atoms with van der Waals surface area (Å²) in [6.07, 6.45) is -0.698. The number of ketones is 1. The van der Waals surface area contributed by atoms with Crippen molar-refractivity contribution in [1.29, 1.82) is 0 Å². The minimum atomic E-state index is -0.880. The molecular weight excluding hydrogens is 245 g/mol. The number of ether oxygens (including phenoxy) is 1. The normalized spacial score (nSPS) is 20.4. The number of Topliss-reactive ketones (excluding diaryl/α,β-unsaturated/α-hetero) is 1. The van der Waals surface area contributed by atoms with Gasteiger partial charge in [0.05, 0.1) is 16.0 Å². The van der Waals surface area contributed by atoms with Gasteiger partial charge in [0.1, 0.15) is 11.6 Å². The van der Waals surface area contributed by atoms with Crippen LogP contribution >= 0.6 is 9.47 Å². The van der Waals surface area contributed by atoms with Crippen LogP contribution in [0, 0.1) is 0 Å². The molecule has 0 aliphatic carbocycles. The number of likely N-dealkylation sites (tertiary alicyclic amines) is 1.